The Morgan fingerprint density at radius 3 is 2.59 bits per heavy atom. The molecular weight excluding hydrogens is 368 g/mol. The summed E-state index contributed by atoms with van der Waals surface area (Å²) in [6.07, 6.45) is 2.43. The van der Waals surface area contributed by atoms with Crippen molar-refractivity contribution >= 4 is 0 Å². The number of alkyl halides is 2. The molecule has 156 valence electrons. The number of nitrogens with zero attached hydrogens (tertiary/aromatic N) is 1. The van der Waals surface area contributed by atoms with Crippen molar-refractivity contribution in [2.75, 3.05) is 26.2 Å². The van der Waals surface area contributed by atoms with Gasteiger partial charge in [-0.25, -0.2) is 8.78 Å². The first-order valence-corrected chi connectivity index (χ1v) is 10.8. The molecule has 0 aromatic heterocycles. The number of likely N-dealkylation sites (tertiary alicyclic amines) is 1. The molecule has 4 rings (SSSR count). The highest BCUT2D eigenvalue weighted by molar-refractivity contribution is 5.74. The van der Waals surface area contributed by atoms with Crippen LogP contribution in [0.3, 0.4) is 0 Å². The summed E-state index contributed by atoms with van der Waals surface area (Å²) in [5, 5.41) is 0. The van der Waals surface area contributed by atoms with E-state index < -0.39 is 11.8 Å². The maximum absolute atomic E-state index is 13.9. The van der Waals surface area contributed by atoms with Crippen LogP contribution in [0, 0.1) is 6.92 Å². The van der Waals surface area contributed by atoms with E-state index in [4.69, 9.17) is 4.74 Å². The molecule has 4 heteroatoms. The molecule has 2 aliphatic rings. The van der Waals surface area contributed by atoms with Crippen LogP contribution in [-0.2, 0) is 12.8 Å². The molecule has 2 aromatic carbocycles. The van der Waals surface area contributed by atoms with Gasteiger partial charge in [0.2, 0.25) is 0 Å². The highest BCUT2D eigenvalue weighted by Gasteiger charge is 2.29. The minimum atomic E-state index is -0.996. The molecule has 29 heavy (non-hydrogen) atoms. The maximum Gasteiger partial charge on any atom is 0.122 e. The molecule has 2 nitrogen and oxygen atoms in total. The largest absolute Gasteiger partial charge is 0.493 e. The van der Waals surface area contributed by atoms with Gasteiger partial charge in [0, 0.05) is 32.5 Å². The minimum Gasteiger partial charge on any atom is -0.493 e. The van der Waals surface area contributed by atoms with E-state index in [2.05, 4.69) is 24.0 Å². The minimum absolute atomic E-state index is 0.504. The van der Waals surface area contributed by atoms with Crippen molar-refractivity contribution in [2.45, 2.75) is 57.8 Å². The summed E-state index contributed by atoms with van der Waals surface area (Å²) in [5.74, 6) is 0.893. The summed E-state index contributed by atoms with van der Waals surface area (Å²) in [4.78, 5) is 2.33. The van der Waals surface area contributed by atoms with Gasteiger partial charge in [0.15, 0.2) is 0 Å². The van der Waals surface area contributed by atoms with Crippen molar-refractivity contribution < 1.29 is 13.5 Å². The van der Waals surface area contributed by atoms with Gasteiger partial charge in [-0.3, -0.25) is 0 Å². The van der Waals surface area contributed by atoms with E-state index in [9.17, 15) is 8.78 Å². The zero-order valence-electron chi connectivity index (χ0n) is 17.5. The lowest BCUT2D eigenvalue weighted by Crippen LogP contribution is -2.40. The number of rotatable bonds is 6. The lowest BCUT2D eigenvalue weighted by atomic mass is 9.93. The van der Waals surface area contributed by atoms with Crippen LogP contribution in [0.2, 0.25) is 0 Å². The summed E-state index contributed by atoms with van der Waals surface area (Å²) in [7, 11) is 0. The molecule has 1 aliphatic heterocycles. The third-order valence-corrected chi connectivity index (χ3v) is 6.49. The van der Waals surface area contributed by atoms with Gasteiger partial charge in [0.05, 0.1) is 6.61 Å². The third-order valence-electron chi connectivity index (χ3n) is 6.49. The Balaban J connectivity index is 1.38. The standard InChI is InChI=1S/C25H31F2NO/c1-18-21(22-8-3-6-19-16-20(26)17-23(19)22)7-4-9-24(18)29-15-5-12-28-13-10-25(2,27)11-14-28/h3-4,6-9,20H,5,10-17H2,1-2H3/t20-/m1/s1. The first kappa shape index (κ1) is 20.3. The van der Waals surface area contributed by atoms with Crippen LogP contribution in [-0.4, -0.2) is 43.0 Å². The summed E-state index contributed by atoms with van der Waals surface area (Å²) in [5.41, 5.74) is 4.65. The van der Waals surface area contributed by atoms with Crippen LogP contribution in [0.25, 0.3) is 11.1 Å². The predicted octanol–water partition coefficient (Wildman–Crippen LogP) is 5.69. The number of hydrogen-bond donors (Lipinski definition) is 0. The van der Waals surface area contributed by atoms with Gasteiger partial charge in [0.1, 0.15) is 17.6 Å². The van der Waals surface area contributed by atoms with Crippen molar-refractivity contribution in [3.05, 3.63) is 53.1 Å². The quantitative estimate of drug-likeness (QED) is 0.579. The van der Waals surface area contributed by atoms with Gasteiger partial charge in [-0.15, -0.1) is 0 Å². The third kappa shape index (κ3) is 4.63. The molecule has 0 spiro atoms. The van der Waals surface area contributed by atoms with Crippen LogP contribution in [0.4, 0.5) is 8.78 Å². The zero-order valence-corrected chi connectivity index (χ0v) is 17.5. The van der Waals surface area contributed by atoms with Crippen molar-refractivity contribution in [1.82, 2.24) is 4.90 Å². The summed E-state index contributed by atoms with van der Waals surface area (Å²) in [6, 6.07) is 12.3. The molecule has 0 amide bonds. The first-order chi connectivity index (χ1) is 13.9. The molecule has 1 saturated heterocycles. The molecule has 1 aliphatic carbocycles. The van der Waals surface area contributed by atoms with Crippen LogP contribution in [0.15, 0.2) is 36.4 Å². The fraction of sp³-hybridized carbons (Fsp3) is 0.520. The molecule has 0 radical (unpaired) electrons. The van der Waals surface area contributed by atoms with Crippen molar-refractivity contribution in [3.63, 3.8) is 0 Å². The van der Waals surface area contributed by atoms with Gasteiger partial charge in [-0.1, -0.05) is 30.3 Å². The number of hydrogen-bond acceptors (Lipinski definition) is 2. The van der Waals surface area contributed by atoms with Crippen LogP contribution >= 0.6 is 0 Å². The second kappa shape index (κ2) is 8.43. The topological polar surface area (TPSA) is 12.5 Å². The van der Waals surface area contributed by atoms with Crippen LogP contribution < -0.4 is 4.74 Å². The van der Waals surface area contributed by atoms with Crippen LogP contribution in [0.5, 0.6) is 5.75 Å². The number of benzene rings is 2. The normalized spacial score (nSPS) is 21.2. The Morgan fingerprint density at radius 1 is 1.07 bits per heavy atom. The van der Waals surface area contributed by atoms with Crippen molar-refractivity contribution in [1.29, 1.82) is 0 Å². The summed E-state index contributed by atoms with van der Waals surface area (Å²) < 4.78 is 33.9. The zero-order chi connectivity index (χ0) is 20.4. The van der Waals surface area contributed by atoms with Crippen LogP contribution in [0.1, 0.15) is 42.9 Å². The Morgan fingerprint density at radius 2 is 1.79 bits per heavy atom. The number of piperidine rings is 1. The molecular formula is C25H31F2NO. The summed E-state index contributed by atoms with van der Waals surface area (Å²) >= 11 is 0. The number of halogens is 2. The van der Waals surface area contributed by atoms with E-state index in [1.165, 1.54) is 0 Å². The lowest BCUT2D eigenvalue weighted by molar-refractivity contribution is 0.0715. The Hall–Kier alpha value is -1.94. The van der Waals surface area contributed by atoms with Gasteiger partial charge in [0.25, 0.3) is 0 Å². The van der Waals surface area contributed by atoms with E-state index in [-0.39, 0.29) is 0 Å². The smallest absolute Gasteiger partial charge is 0.122 e. The maximum atomic E-state index is 13.9. The average molecular weight is 400 g/mol. The fourth-order valence-electron chi connectivity index (χ4n) is 4.63. The Labute approximate surface area is 172 Å². The van der Waals surface area contributed by atoms with E-state index >= 15 is 0 Å². The van der Waals surface area contributed by atoms with Crippen molar-refractivity contribution in [2.24, 2.45) is 0 Å². The van der Waals surface area contributed by atoms with E-state index in [1.54, 1.807) is 6.92 Å². The molecule has 0 unspecified atom stereocenters. The molecule has 0 saturated carbocycles. The highest BCUT2D eigenvalue weighted by Crippen LogP contribution is 2.37. The van der Waals surface area contributed by atoms with Gasteiger partial charge in [-0.2, -0.15) is 0 Å². The second-order valence-corrected chi connectivity index (χ2v) is 8.83. The molecule has 0 N–H and O–H groups in total. The predicted molar refractivity (Wildman–Crippen MR) is 114 cm³/mol. The SMILES string of the molecule is Cc1c(OCCCN2CCC(C)(F)CC2)cccc1-c1cccc2c1C[C@H](F)C2. The molecule has 0 bridgehead atoms. The molecule has 1 atom stereocenters. The average Bonchev–Trinajstić information content (AvgIpc) is 3.08. The molecule has 1 heterocycles. The fourth-order valence-corrected chi connectivity index (χ4v) is 4.63. The highest BCUT2D eigenvalue weighted by atomic mass is 19.1. The van der Waals surface area contributed by atoms with E-state index in [0.29, 0.717) is 32.3 Å². The molecule has 2 aromatic rings. The van der Waals surface area contributed by atoms with Crippen molar-refractivity contribution in [3.8, 4) is 16.9 Å². The number of fused-ring (bicyclic) bond motifs is 1. The van der Waals surface area contributed by atoms with Gasteiger partial charge >= 0.3 is 0 Å². The van der Waals surface area contributed by atoms with Gasteiger partial charge in [-0.05, 0) is 67.0 Å². The first-order valence-electron chi connectivity index (χ1n) is 10.8. The Bertz CT molecular complexity index is 854. The Kier molecular flexibility index (Phi) is 5.91. The lowest BCUT2D eigenvalue weighted by Gasteiger charge is -2.34. The van der Waals surface area contributed by atoms with E-state index in [0.717, 1.165) is 59.6 Å². The second-order valence-electron chi connectivity index (χ2n) is 8.83. The molecule has 1 fully saturated rings. The monoisotopic (exact) mass is 399 g/mol. The van der Waals surface area contributed by atoms with E-state index in [1.807, 2.05) is 24.3 Å². The number of ether oxygens (including phenoxy) is 1. The summed E-state index contributed by atoms with van der Waals surface area (Å²) in [6.45, 7) is 7.04. The van der Waals surface area contributed by atoms with Gasteiger partial charge < -0.3 is 9.64 Å².